The maximum atomic E-state index is 12.2. The SMILES string of the molecule is CC(C)(C)OC(=O)N1CCC2(CC1)COC(CC(=O)NCCSSCCC(=O)O)C2. The Balaban J connectivity index is 1.61. The van der Waals surface area contributed by atoms with E-state index in [1.165, 1.54) is 10.8 Å². The summed E-state index contributed by atoms with van der Waals surface area (Å²) >= 11 is 0. The molecule has 0 aromatic heterocycles. The standard InChI is InChI=1S/C20H34N2O6S2/c1-19(2,3)28-18(26)22-8-5-20(6-9-22)13-15(27-14-20)12-16(23)21-7-11-30-29-10-4-17(24)25/h15H,4-14H2,1-3H3,(H,21,23)(H,24,25). The normalized spacial score (nSPS) is 20.9. The molecule has 1 spiro atoms. The Morgan fingerprint density at radius 1 is 1.20 bits per heavy atom. The highest BCUT2D eigenvalue weighted by Crippen LogP contribution is 2.42. The molecule has 0 radical (unpaired) electrons. The first-order chi connectivity index (χ1) is 14.1. The van der Waals surface area contributed by atoms with Crippen molar-refractivity contribution in [3.05, 3.63) is 0 Å². The number of piperidine rings is 1. The third kappa shape index (κ3) is 8.93. The van der Waals surface area contributed by atoms with E-state index in [1.54, 1.807) is 15.7 Å². The predicted molar refractivity (Wildman–Crippen MR) is 119 cm³/mol. The average Bonchev–Trinajstić information content (AvgIpc) is 3.01. The van der Waals surface area contributed by atoms with E-state index < -0.39 is 11.6 Å². The molecular weight excluding hydrogens is 428 g/mol. The number of carboxylic acid groups (broad SMARTS) is 1. The van der Waals surface area contributed by atoms with Crippen LogP contribution in [0.2, 0.25) is 0 Å². The van der Waals surface area contributed by atoms with Gasteiger partial charge in [-0.3, -0.25) is 9.59 Å². The van der Waals surface area contributed by atoms with Crippen LogP contribution in [0.1, 0.15) is 52.9 Å². The molecule has 2 amide bonds. The molecule has 2 aliphatic heterocycles. The largest absolute Gasteiger partial charge is 0.481 e. The van der Waals surface area contributed by atoms with Gasteiger partial charge in [0.05, 0.1) is 25.6 Å². The van der Waals surface area contributed by atoms with Gasteiger partial charge in [-0.15, -0.1) is 0 Å². The minimum Gasteiger partial charge on any atom is -0.481 e. The predicted octanol–water partition coefficient (Wildman–Crippen LogP) is 3.16. The number of carbonyl (C=O) groups is 3. The first-order valence-electron chi connectivity index (χ1n) is 10.4. The monoisotopic (exact) mass is 462 g/mol. The Morgan fingerprint density at radius 2 is 1.87 bits per heavy atom. The molecule has 0 saturated carbocycles. The van der Waals surface area contributed by atoms with Gasteiger partial charge >= 0.3 is 12.1 Å². The van der Waals surface area contributed by atoms with Crippen LogP contribution in [0.15, 0.2) is 0 Å². The van der Waals surface area contributed by atoms with Crippen molar-refractivity contribution in [3.8, 4) is 0 Å². The van der Waals surface area contributed by atoms with Crippen LogP contribution in [-0.4, -0.2) is 77.4 Å². The van der Waals surface area contributed by atoms with Crippen LogP contribution in [0.3, 0.4) is 0 Å². The van der Waals surface area contributed by atoms with Crippen molar-refractivity contribution in [2.45, 2.75) is 64.6 Å². The number of hydrogen-bond donors (Lipinski definition) is 2. The third-order valence-corrected chi connectivity index (χ3v) is 7.57. The second-order valence-corrected chi connectivity index (χ2v) is 11.6. The van der Waals surface area contributed by atoms with Crippen LogP contribution in [-0.2, 0) is 19.1 Å². The molecule has 0 aliphatic carbocycles. The molecule has 0 aromatic carbocycles. The van der Waals surface area contributed by atoms with Gasteiger partial charge in [-0.2, -0.15) is 0 Å². The van der Waals surface area contributed by atoms with Gasteiger partial charge in [-0.25, -0.2) is 4.79 Å². The minimum absolute atomic E-state index is 0.0145. The topological polar surface area (TPSA) is 105 Å². The molecule has 2 saturated heterocycles. The number of rotatable bonds is 9. The fraction of sp³-hybridized carbons (Fsp3) is 0.850. The highest BCUT2D eigenvalue weighted by molar-refractivity contribution is 8.76. The molecule has 2 heterocycles. The summed E-state index contributed by atoms with van der Waals surface area (Å²) in [6.07, 6.45) is 2.77. The zero-order chi connectivity index (χ0) is 22.2. The van der Waals surface area contributed by atoms with Gasteiger partial charge < -0.3 is 24.8 Å². The number of aliphatic carboxylic acids is 1. The lowest BCUT2D eigenvalue weighted by molar-refractivity contribution is -0.136. The van der Waals surface area contributed by atoms with Gasteiger partial charge in [0.15, 0.2) is 0 Å². The Morgan fingerprint density at radius 3 is 2.50 bits per heavy atom. The van der Waals surface area contributed by atoms with Gasteiger partial charge in [-0.1, -0.05) is 21.6 Å². The molecule has 0 aromatic rings. The number of carboxylic acids is 1. The lowest BCUT2D eigenvalue weighted by Crippen LogP contribution is -2.45. The van der Waals surface area contributed by atoms with Crippen molar-refractivity contribution in [2.75, 3.05) is 37.7 Å². The summed E-state index contributed by atoms with van der Waals surface area (Å²) in [6.45, 7) is 8.13. The van der Waals surface area contributed by atoms with E-state index in [4.69, 9.17) is 14.6 Å². The van der Waals surface area contributed by atoms with E-state index in [9.17, 15) is 14.4 Å². The molecule has 172 valence electrons. The molecule has 0 bridgehead atoms. The molecule has 30 heavy (non-hydrogen) atoms. The number of amides is 2. The zero-order valence-corrected chi connectivity index (χ0v) is 19.7. The van der Waals surface area contributed by atoms with Crippen molar-refractivity contribution in [3.63, 3.8) is 0 Å². The van der Waals surface area contributed by atoms with Gasteiger partial charge in [0.1, 0.15) is 5.60 Å². The summed E-state index contributed by atoms with van der Waals surface area (Å²) in [7, 11) is 3.08. The number of nitrogens with one attached hydrogen (secondary N) is 1. The summed E-state index contributed by atoms with van der Waals surface area (Å²) in [5, 5.41) is 11.5. The van der Waals surface area contributed by atoms with Crippen LogP contribution in [0.25, 0.3) is 0 Å². The van der Waals surface area contributed by atoms with Gasteiger partial charge in [0.25, 0.3) is 0 Å². The van der Waals surface area contributed by atoms with E-state index in [-0.39, 0.29) is 29.9 Å². The van der Waals surface area contributed by atoms with Crippen molar-refractivity contribution in [1.29, 1.82) is 0 Å². The lowest BCUT2D eigenvalue weighted by Gasteiger charge is -2.38. The molecule has 2 aliphatic rings. The van der Waals surface area contributed by atoms with Crippen LogP contribution in [0.4, 0.5) is 4.79 Å². The fourth-order valence-electron chi connectivity index (χ4n) is 3.62. The van der Waals surface area contributed by atoms with E-state index in [0.29, 0.717) is 38.4 Å². The molecule has 8 nitrogen and oxygen atoms in total. The van der Waals surface area contributed by atoms with Crippen molar-refractivity contribution >= 4 is 39.6 Å². The Kier molecular flexibility index (Phi) is 9.62. The van der Waals surface area contributed by atoms with Crippen LogP contribution in [0.5, 0.6) is 0 Å². The maximum Gasteiger partial charge on any atom is 0.410 e. The lowest BCUT2D eigenvalue weighted by atomic mass is 9.76. The molecule has 1 unspecified atom stereocenters. The van der Waals surface area contributed by atoms with Crippen LogP contribution >= 0.6 is 21.6 Å². The van der Waals surface area contributed by atoms with E-state index in [2.05, 4.69) is 5.32 Å². The summed E-state index contributed by atoms with van der Waals surface area (Å²) in [5.74, 6) is 0.504. The highest BCUT2D eigenvalue weighted by Gasteiger charge is 2.44. The second kappa shape index (κ2) is 11.5. The Labute approximate surface area is 186 Å². The Hall–Kier alpha value is -1.13. The Bertz CT molecular complexity index is 603. The quantitative estimate of drug-likeness (QED) is 0.398. The van der Waals surface area contributed by atoms with Crippen LogP contribution < -0.4 is 5.32 Å². The van der Waals surface area contributed by atoms with Gasteiger partial charge in [0, 0.05) is 31.1 Å². The van der Waals surface area contributed by atoms with Gasteiger partial charge in [0.2, 0.25) is 5.91 Å². The van der Waals surface area contributed by atoms with E-state index in [0.717, 1.165) is 25.0 Å². The zero-order valence-electron chi connectivity index (χ0n) is 18.1. The van der Waals surface area contributed by atoms with Crippen LogP contribution in [0, 0.1) is 5.41 Å². The first kappa shape index (κ1) is 25.1. The van der Waals surface area contributed by atoms with Crippen molar-refractivity contribution in [1.82, 2.24) is 10.2 Å². The number of hydrogen-bond acceptors (Lipinski definition) is 7. The summed E-state index contributed by atoms with van der Waals surface area (Å²) in [5.41, 5.74) is -0.434. The molecule has 2 fully saturated rings. The smallest absolute Gasteiger partial charge is 0.410 e. The highest BCUT2D eigenvalue weighted by atomic mass is 33.1. The summed E-state index contributed by atoms with van der Waals surface area (Å²) in [6, 6.07) is 0. The maximum absolute atomic E-state index is 12.2. The fourth-order valence-corrected chi connectivity index (χ4v) is 5.51. The molecule has 1 atom stereocenters. The summed E-state index contributed by atoms with van der Waals surface area (Å²) in [4.78, 5) is 36.6. The van der Waals surface area contributed by atoms with Gasteiger partial charge in [-0.05, 0) is 45.4 Å². The number of ether oxygens (including phenoxy) is 2. The van der Waals surface area contributed by atoms with E-state index in [1.807, 2.05) is 20.8 Å². The average molecular weight is 463 g/mol. The molecule has 2 N–H and O–H groups in total. The number of nitrogens with zero attached hydrogens (tertiary/aromatic N) is 1. The molecule has 2 rings (SSSR count). The molecular formula is C20H34N2O6S2. The third-order valence-electron chi connectivity index (χ3n) is 5.16. The first-order valence-corrected chi connectivity index (χ1v) is 12.9. The number of carbonyl (C=O) groups excluding carboxylic acids is 2. The second-order valence-electron chi connectivity index (χ2n) is 8.95. The molecule has 10 heteroatoms. The van der Waals surface area contributed by atoms with Crippen molar-refractivity contribution in [2.24, 2.45) is 5.41 Å². The van der Waals surface area contributed by atoms with E-state index >= 15 is 0 Å². The minimum atomic E-state index is -0.791. The summed E-state index contributed by atoms with van der Waals surface area (Å²) < 4.78 is 11.4. The van der Waals surface area contributed by atoms with Crippen molar-refractivity contribution < 1.29 is 29.0 Å². The number of likely N-dealkylation sites (tertiary alicyclic amines) is 1.